The third kappa shape index (κ3) is 5.60. The minimum Gasteiger partial charge on any atom is -0.483 e. The highest BCUT2D eigenvalue weighted by atomic mass is 32.2. The third-order valence-electron chi connectivity index (χ3n) is 4.58. The normalized spacial score (nSPS) is 11.7. The van der Waals surface area contributed by atoms with Crippen molar-refractivity contribution in [3.8, 4) is 5.75 Å². The molecular formula is C21H23N5O4S. The second-order valence-electron chi connectivity index (χ2n) is 6.77. The highest BCUT2D eigenvalue weighted by Gasteiger charge is 2.19. The number of aryl methyl sites for hydroxylation is 1. The summed E-state index contributed by atoms with van der Waals surface area (Å²) in [7, 11) is 1.80. The summed E-state index contributed by atoms with van der Waals surface area (Å²) in [5, 5.41) is 22.5. The first kappa shape index (κ1) is 22.3. The van der Waals surface area contributed by atoms with Gasteiger partial charge >= 0.3 is 0 Å². The van der Waals surface area contributed by atoms with E-state index in [1.54, 1.807) is 23.7 Å². The topological polar surface area (TPSA) is 112 Å². The SMILES string of the molecule is CCc1ccc(O[C@H](C)c2nnc(SCC(=O)Nc3ccccc3[N+](=O)[O-])n2C)cc1. The van der Waals surface area contributed by atoms with E-state index >= 15 is 0 Å². The Morgan fingerprint density at radius 2 is 1.94 bits per heavy atom. The van der Waals surface area contributed by atoms with Gasteiger partial charge in [0.1, 0.15) is 11.4 Å². The van der Waals surface area contributed by atoms with E-state index in [0.29, 0.717) is 11.0 Å². The van der Waals surface area contributed by atoms with Gasteiger partial charge in [-0.3, -0.25) is 14.9 Å². The number of hydrogen-bond acceptors (Lipinski definition) is 7. The summed E-state index contributed by atoms with van der Waals surface area (Å²) in [5.74, 6) is 1.03. The van der Waals surface area contributed by atoms with Gasteiger partial charge in [-0.1, -0.05) is 43.0 Å². The van der Waals surface area contributed by atoms with Crippen LogP contribution in [0.25, 0.3) is 0 Å². The van der Waals surface area contributed by atoms with E-state index in [1.165, 1.54) is 29.5 Å². The molecule has 0 fully saturated rings. The van der Waals surface area contributed by atoms with Crippen molar-refractivity contribution in [1.82, 2.24) is 14.8 Å². The number of ether oxygens (including phenoxy) is 1. The average molecular weight is 442 g/mol. The molecule has 1 atom stereocenters. The number of thioether (sulfide) groups is 1. The molecule has 0 saturated carbocycles. The Bertz CT molecular complexity index is 1070. The molecule has 0 aliphatic heterocycles. The molecule has 9 nitrogen and oxygen atoms in total. The fourth-order valence-corrected chi connectivity index (χ4v) is 3.64. The van der Waals surface area contributed by atoms with Crippen LogP contribution < -0.4 is 10.1 Å². The molecule has 3 aromatic rings. The van der Waals surface area contributed by atoms with Crippen LogP contribution in [0, 0.1) is 10.1 Å². The Labute approximate surface area is 184 Å². The molecule has 10 heteroatoms. The number of anilines is 1. The zero-order chi connectivity index (χ0) is 22.4. The smallest absolute Gasteiger partial charge is 0.292 e. The Morgan fingerprint density at radius 1 is 1.23 bits per heavy atom. The number of amides is 1. The van der Waals surface area contributed by atoms with Crippen LogP contribution in [0.4, 0.5) is 11.4 Å². The van der Waals surface area contributed by atoms with Crippen molar-refractivity contribution in [3.05, 3.63) is 70.0 Å². The van der Waals surface area contributed by atoms with Crippen LogP contribution in [-0.2, 0) is 18.3 Å². The number of nitro groups is 1. The quantitative estimate of drug-likeness (QED) is 0.301. The molecule has 0 aliphatic carbocycles. The van der Waals surface area contributed by atoms with Crippen molar-refractivity contribution in [2.45, 2.75) is 31.5 Å². The molecule has 1 N–H and O–H groups in total. The van der Waals surface area contributed by atoms with Crippen LogP contribution in [0.1, 0.15) is 31.3 Å². The van der Waals surface area contributed by atoms with Crippen molar-refractivity contribution in [1.29, 1.82) is 0 Å². The minimum absolute atomic E-state index is 0.0335. The largest absolute Gasteiger partial charge is 0.483 e. The fourth-order valence-electron chi connectivity index (χ4n) is 2.92. The lowest BCUT2D eigenvalue weighted by molar-refractivity contribution is -0.383. The first-order valence-electron chi connectivity index (χ1n) is 9.70. The highest BCUT2D eigenvalue weighted by molar-refractivity contribution is 7.99. The molecule has 3 rings (SSSR count). The molecule has 1 aromatic heterocycles. The minimum atomic E-state index is -0.533. The Balaban J connectivity index is 1.59. The van der Waals surface area contributed by atoms with Gasteiger partial charge in [-0.15, -0.1) is 10.2 Å². The van der Waals surface area contributed by atoms with Crippen LogP contribution >= 0.6 is 11.8 Å². The molecule has 0 saturated heterocycles. The molecule has 2 aromatic carbocycles. The van der Waals surface area contributed by atoms with Gasteiger partial charge in [-0.2, -0.15) is 0 Å². The van der Waals surface area contributed by atoms with Crippen LogP contribution in [0.2, 0.25) is 0 Å². The van der Waals surface area contributed by atoms with E-state index in [9.17, 15) is 14.9 Å². The zero-order valence-electron chi connectivity index (χ0n) is 17.4. The van der Waals surface area contributed by atoms with E-state index in [1.807, 2.05) is 31.2 Å². The van der Waals surface area contributed by atoms with Crippen LogP contribution in [0.5, 0.6) is 5.75 Å². The molecule has 0 spiro atoms. The predicted octanol–water partition coefficient (Wildman–Crippen LogP) is 4.16. The number of carbonyl (C=O) groups excluding carboxylic acids is 1. The van der Waals surface area contributed by atoms with E-state index < -0.39 is 4.92 Å². The standard InChI is InChI=1S/C21H23N5O4S/c1-4-15-9-11-16(12-10-15)30-14(2)20-23-24-21(25(20)3)31-13-19(27)22-17-7-5-6-8-18(17)26(28)29/h5-12,14H,4,13H2,1-3H3,(H,22,27)/t14-/m1/s1. The number of nitrogens with one attached hydrogen (secondary N) is 1. The third-order valence-corrected chi connectivity index (χ3v) is 5.60. The fraction of sp³-hybridized carbons (Fsp3) is 0.286. The van der Waals surface area contributed by atoms with Gasteiger partial charge in [0.25, 0.3) is 5.69 Å². The van der Waals surface area contributed by atoms with E-state index in [4.69, 9.17) is 4.74 Å². The van der Waals surface area contributed by atoms with E-state index in [2.05, 4.69) is 22.4 Å². The molecule has 0 unspecified atom stereocenters. The van der Waals surface area contributed by atoms with Crippen molar-refractivity contribution in [2.24, 2.45) is 7.05 Å². The number of rotatable bonds is 9. The summed E-state index contributed by atoms with van der Waals surface area (Å²) >= 11 is 1.19. The summed E-state index contributed by atoms with van der Waals surface area (Å²) in [5.41, 5.74) is 1.24. The van der Waals surface area contributed by atoms with Gasteiger partial charge in [0.05, 0.1) is 10.7 Å². The molecular weight excluding hydrogens is 418 g/mol. The van der Waals surface area contributed by atoms with E-state index in [0.717, 1.165) is 12.2 Å². The Kier molecular flexibility index (Phi) is 7.24. The summed E-state index contributed by atoms with van der Waals surface area (Å²) in [6.45, 7) is 3.98. The summed E-state index contributed by atoms with van der Waals surface area (Å²) in [6, 6.07) is 13.9. The molecule has 0 aliphatic rings. The Morgan fingerprint density at radius 3 is 2.61 bits per heavy atom. The molecule has 0 bridgehead atoms. The molecule has 31 heavy (non-hydrogen) atoms. The van der Waals surface area contributed by atoms with Gasteiger partial charge in [0.2, 0.25) is 5.91 Å². The van der Waals surface area contributed by atoms with Crippen molar-refractivity contribution >= 4 is 29.0 Å². The number of nitrogens with zero attached hydrogens (tertiary/aromatic N) is 4. The van der Waals surface area contributed by atoms with Gasteiger partial charge in [0.15, 0.2) is 17.1 Å². The lowest BCUT2D eigenvalue weighted by atomic mass is 10.2. The number of para-hydroxylation sites is 2. The molecule has 1 amide bonds. The summed E-state index contributed by atoms with van der Waals surface area (Å²) < 4.78 is 7.73. The lowest BCUT2D eigenvalue weighted by Gasteiger charge is -2.14. The molecule has 0 radical (unpaired) electrons. The average Bonchev–Trinajstić information content (AvgIpc) is 3.13. The summed E-state index contributed by atoms with van der Waals surface area (Å²) in [6.07, 6.45) is 0.630. The second-order valence-corrected chi connectivity index (χ2v) is 7.71. The molecule has 1 heterocycles. The number of nitro benzene ring substituents is 1. The van der Waals surface area contributed by atoms with Crippen molar-refractivity contribution in [2.75, 3.05) is 11.1 Å². The first-order valence-corrected chi connectivity index (χ1v) is 10.7. The monoisotopic (exact) mass is 441 g/mol. The Hall–Kier alpha value is -3.40. The number of aromatic nitrogens is 3. The first-order chi connectivity index (χ1) is 14.9. The maximum Gasteiger partial charge on any atom is 0.292 e. The van der Waals surface area contributed by atoms with Crippen LogP contribution in [0.15, 0.2) is 53.7 Å². The number of carbonyl (C=O) groups is 1. The number of hydrogen-bond donors (Lipinski definition) is 1. The van der Waals surface area contributed by atoms with E-state index in [-0.39, 0.29) is 29.1 Å². The molecule has 162 valence electrons. The second kappa shape index (κ2) is 10.1. The van der Waals surface area contributed by atoms with Gasteiger partial charge in [-0.05, 0) is 37.1 Å². The van der Waals surface area contributed by atoms with Gasteiger partial charge in [0, 0.05) is 13.1 Å². The van der Waals surface area contributed by atoms with Crippen molar-refractivity contribution in [3.63, 3.8) is 0 Å². The predicted molar refractivity (Wildman–Crippen MR) is 118 cm³/mol. The van der Waals surface area contributed by atoms with Gasteiger partial charge in [-0.25, -0.2) is 0 Å². The maximum atomic E-state index is 12.3. The van der Waals surface area contributed by atoms with Gasteiger partial charge < -0.3 is 14.6 Å². The zero-order valence-corrected chi connectivity index (χ0v) is 18.3. The highest BCUT2D eigenvalue weighted by Crippen LogP contribution is 2.26. The van der Waals surface area contributed by atoms with Crippen molar-refractivity contribution < 1.29 is 14.5 Å². The van der Waals surface area contributed by atoms with Crippen LogP contribution in [0.3, 0.4) is 0 Å². The summed E-state index contributed by atoms with van der Waals surface area (Å²) in [4.78, 5) is 22.8. The lowest BCUT2D eigenvalue weighted by Crippen LogP contribution is -2.15. The maximum absolute atomic E-state index is 12.3. The van der Waals surface area contributed by atoms with Crippen LogP contribution in [-0.4, -0.2) is 31.3 Å². The number of benzene rings is 2.